The zero-order chi connectivity index (χ0) is 18.4. The summed E-state index contributed by atoms with van der Waals surface area (Å²) < 4.78 is 2.45. The van der Waals surface area contributed by atoms with Crippen LogP contribution in [0.2, 0.25) is 0 Å². The quantitative estimate of drug-likeness (QED) is 0.374. The third kappa shape index (κ3) is 2.71. The maximum atomic E-state index is 2.45. The highest BCUT2D eigenvalue weighted by Crippen LogP contribution is 2.37. The molecule has 1 atom stereocenters. The van der Waals surface area contributed by atoms with E-state index in [2.05, 4.69) is 103 Å². The number of allylic oxidation sites excluding steroid dienone is 1. The summed E-state index contributed by atoms with van der Waals surface area (Å²) in [7, 11) is 0. The van der Waals surface area contributed by atoms with Gasteiger partial charge in [0.05, 0.1) is 5.52 Å². The monoisotopic (exact) mass is 349 g/mol. The summed E-state index contributed by atoms with van der Waals surface area (Å²) in [5.74, 6) is 0.570. The van der Waals surface area contributed by atoms with E-state index < -0.39 is 0 Å². The first kappa shape index (κ1) is 16.1. The van der Waals surface area contributed by atoms with E-state index in [4.69, 9.17) is 0 Å². The van der Waals surface area contributed by atoms with E-state index in [1.165, 1.54) is 44.5 Å². The van der Waals surface area contributed by atoms with E-state index in [1.54, 1.807) is 0 Å². The summed E-state index contributed by atoms with van der Waals surface area (Å²) in [5.41, 5.74) is 9.19. The lowest BCUT2D eigenvalue weighted by Gasteiger charge is -2.17. The van der Waals surface area contributed by atoms with Crippen LogP contribution in [0.15, 0.2) is 78.9 Å². The van der Waals surface area contributed by atoms with Crippen LogP contribution in [0, 0.1) is 12.8 Å². The molecule has 3 aromatic carbocycles. The fraction of sp³-hybridized carbons (Fsp3) is 0.154. The summed E-state index contributed by atoms with van der Waals surface area (Å²) in [4.78, 5) is 0. The van der Waals surface area contributed by atoms with Crippen LogP contribution in [-0.4, -0.2) is 4.57 Å². The topological polar surface area (TPSA) is 4.93 Å². The molecule has 1 aliphatic carbocycles. The van der Waals surface area contributed by atoms with Crippen molar-refractivity contribution in [1.29, 1.82) is 0 Å². The van der Waals surface area contributed by atoms with Gasteiger partial charge >= 0.3 is 0 Å². The van der Waals surface area contributed by atoms with E-state index in [0.29, 0.717) is 5.92 Å². The Balaban J connectivity index is 1.77. The third-order valence-electron chi connectivity index (χ3n) is 5.61. The highest BCUT2D eigenvalue weighted by molar-refractivity contribution is 5.96. The molecular formula is C26H23N. The average Bonchev–Trinajstić information content (AvgIpc) is 3.02. The van der Waals surface area contributed by atoms with Gasteiger partial charge in [0.15, 0.2) is 0 Å². The Kier molecular flexibility index (Phi) is 3.75. The van der Waals surface area contributed by atoms with Gasteiger partial charge < -0.3 is 4.57 Å². The Morgan fingerprint density at radius 1 is 0.852 bits per heavy atom. The Bertz CT molecular complexity index is 1140. The molecule has 1 unspecified atom stereocenters. The molecule has 1 aromatic heterocycles. The van der Waals surface area contributed by atoms with Crippen molar-refractivity contribution in [2.45, 2.75) is 20.3 Å². The minimum absolute atomic E-state index is 0.570. The van der Waals surface area contributed by atoms with Crippen molar-refractivity contribution in [2.24, 2.45) is 5.92 Å². The SMILES string of the molecule is Cc1ccc(-c2ccc3c(c2)c2c(n3-c3ccccc3)CC(C)C=C2)cc1. The van der Waals surface area contributed by atoms with Crippen molar-refractivity contribution in [3.8, 4) is 16.8 Å². The van der Waals surface area contributed by atoms with Crippen LogP contribution in [0.3, 0.4) is 0 Å². The van der Waals surface area contributed by atoms with Gasteiger partial charge in [0, 0.05) is 22.3 Å². The van der Waals surface area contributed by atoms with E-state index in [-0.39, 0.29) is 0 Å². The van der Waals surface area contributed by atoms with Gasteiger partial charge in [-0.15, -0.1) is 0 Å². The third-order valence-corrected chi connectivity index (χ3v) is 5.61. The van der Waals surface area contributed by atoms with Gasteiger partial charge in [0.2, 0.25) is 0 Å². The maximum absolute atomic E-state index is 2.45. The van der Waals surface area contributed by atoms with Crippen molar-refractivity contribution in [1.82, 2.24) is 4.57 Å². The van der Waals surface area contributed by atoms with E-state index in [9.17, 15) is 0 Å². The highest BCUT2D eigenvalue weighted by atomic mass is 15.0. The predicted molar refractivity (Wildman–Crippen MR) is 115 cm³/mol. The van der Waals surface area contributed by atoms with Gasteiger partial charge in [-0.25, -0.2) is 0 Å². The van der Waals surface area contributed by atoms with Crippen molar-refractivity contribution < 1.29 is 0 Å². The smallest absolute Gasteiger partial charge is 0.0538 e. The summed E-state index contributed by atoms with van der Waals surface area (Å²) in [6.07, 6.45) is 5.75. The molecular weight excluding hydrogens is 326 g/mol. The van der Waals surface area contributed by atoms with Crippen molar-refractivity contribution in [3.63, 3.8) is 0 Å². The molecule has 5 rings (SSSR count). The number of benzene rings is 3. The molecule has 0 N–H and O–H groups in total. The van der Waals surface area contributed by atoms with Gasteiger partial charge in [-0.2, -0.15) is 0 Å². The minimum atomic E-state index is 0.570. The Hall–Kier alpha value is -3.06. The van der Waals surface area contributed by atoms with Gasteiger partial charge in [0.25, 0.3) is 0 Å². The first-order valence-corrected chi connectivity index (χ1v) is 9.69. The van der Waals surface area contributed by atoms with E-state index in [0.717, 1.165) is 6.42 Å². The normalized spacial score (nSPS) is 15.9. The molecule has 0 spiro atoms. The van der Waals surface area contributed by atoms with Gasteiger partial charge in [0.1, 0.15) is 0 Å². The molecule has 0 saturated heterocycles. The maximum Gasteiger partial charge on any atom is 0.0538 e. The molecule has 1 nitrogen and oxygen atoms in total. The Labute approximate surface area is 160 Å². The summed E-state index contributed by atoms with van der Waals surface area (Å²) in [6, 6.07) is 26.4. The summed E-state index contributed by atoms with van der Waals surface area (Å²) >= 11 is 0. The van der Waals surface area contributed by atoms with Gasteiger partial charge in [-0.1, -0.05) is 73.2 Å². The van der Waals surface area contributed by atoms with Gasteiger partial charge in [-0.05, 0) is 54.7 Å². The molecule has 4 aromatic rings. The second-order valence-electron chi connectivity index (χ2n) is 7.67. The standard InChI is InChI=1S/C26H23N/c1-18-8-11-20(12-9-18)21-13-15-25-24(17-21)23-14-10-19(2)16-26(23)27(25)22-6-4-3-5-7-22/h3-15,17,19H,16H2,1-2H3. The number of para-hydroxylation sites is 1. The lowest BCUT2D eigenvalue weighted by Crippen LogP contribution is -2.08. The van der Waals surface area contributed by atoms with Crippen LogP contribution in [0.5, 0.6) is 0 Å². The lowest BCUT2D eigenvalue weighted by atomic mass is 9.94. The van der Waals surface area contributed by atoms with E-state index >= 15 is 0 Å². The molecule has 0 amide bonds. The van der Waals surface area contributed by atoms with Gasteiger partial charge in [-0.3, -0.25) is 0 Å². The average molecular weight is 349 g/mol. The molecule has 1 aliphatic rings. The molecule has 0 fully saturated rings. The van der Waals surface area contributed by atoms with Crippen molar-refractivity contribution in [2.75, 3.05) is 0 Å². The van der Waals surface area contributed by atoms with Crippen LogP contribution in [0.4, 0.5) is 0 Å². The van der Waals surface area contributed by atoms with Crippen molar-refractivity contribution >= 4 is 17.0 Å². The van der Waals surface area contributed by atoms with Crippen LogP contribution in [0.25, 0.3) is 33.8 Å². The molecule has 27 heavy (non-hydrogen) atoms. The number of hydrogen-bond acceptors (Lipinski definition) is 0. The van der Waals surface area contributed by atoms with Crippen LogP contribution >= 0.6 is 0 Å². The number of nitrogens with zero attached hydrogens (tertiary/aromatic N) is 1. The number of aromatic nitrogens is 1. The molecule has 1 heteroatoms. The number of rotatable bonds is 2. The molecule has 0 aliphatic heterocycles. The summed E-state index contributed by atoms with van der Waals surface area (Å²) in [6.45, 7) is 4.43. The van der Waals surface area contributed by atoms with Crippen LogP contribution < -0.4 is 0 Å². The second-order valence-corrected chi connectivity index (χ2v) is 7.67. The molecule has 0 radical (unpaired) electrons. The summed E-state index contributed by atoms with van der Waals surface area (Å²) in [5, 5.41) is 1.34. The lowest BCUT2D eigenvalue weighted by molar-refractivity contribution is 0.690. The first-order chi connectivity index (χ1) is 13.2. The predicted octanol–water partition coefficient (Wildman–Crippen LogP) is 6.81. The molecule has 1 heterocycles. The number of fused-ring (bicyclic) bond motifs is 3. The van der Waals surface area contributed by atoms with Crippen LogP contribution in [0.1, 0.15) is 23.7 Å². The fourth-order valence-corrected chi connectivity index (χ4v) is 4.19. The zero-order valence-corrected chi connectivity index (χ0v) is 15.8. The molecule has 132 valence electrons. The fourth-order valence-electron chi connectivity index (χ4n) is 4.19. The number of hydrogen-bond donors (Lipinski definition) is 0. The number of aryl methyl sites for hydroxylation is 1. The van der Waals surface area contributed by atoms with Crippen molar-refractivity contribution in [3.05, 3.63) is 95.7 Å². The second kappa shape index (κ2) is 6.28. The van der Waals surface area contributed by atoms with Crippen LogP contribution in [-0.2, 0) is 6.42 Å². The molecule has 0 saturated carbocycles. The molecule has 0 bridgehead atoms. The first-order valence-electron chi connectivity index (χ1n) is 9.69. The Morgan fingerprint density at radius 2 is 1.59 bits per heavy atom. The largest absolute Gasteiger partial charge is 0.313 e. The van der Waals surface area contributed by atoms with E-state index in [1.807, 2.05) is 0 Å². The highest BCUT2D eigenvalue weighted by Gasteiger charge is 2.21. The zero-order valence-electron chi connectivity index (χ0n) is 15.8. The minimum Gasteiger partial charge on any atom is -0.313 e. The Morgan fingerprint density at radius 3 is 2.37 bits per heavy atom.